The first-order chi connectivity index (χ1) is 21.6. The Hall–Kier alpha value is -2.74. The Labute approximate surface area is 283 Å². The summed E-state index contributed by atoms with van der Waals surface area (Å²) in [6, 6.07) is 38.8. The summed E-state index contributed by atoms with van der Waals surface area (Å²) in [6.45, 7) is 1.89. The number of ketones is 1. The molecule has 4 heteroatoms. The molecule has 0 atom stereocenters. The third-order valence-corrected chi connectivity index (χ3v) is 13.5. The maximum Gasteiger partial charge on any atom is 0.163 e. The van der Waals surface area contributed by atoms with Gasteiger partial charge >= 0.3 is 0 Å². The standard InChI is InChI=1S/C41H51O2P.BrH/c1-35-34-36(42)31-32-40(35)41(43)30-22-11-9-7-5-3-2-4-6-8-10-12-23-33-44(37-24-16-13-17-25-37,38-26-18-14-19-27-38)39-28-20-15-21-29-39;/h13-21,24-29,31-32,34H,2-12,22-23,30,33H2,1H3;1H. The summed E-state index contributed by atoms with van der Waals surface area (Å²) >= 11 is 0. The van der Waals surface area contributed by atoms with E-state index < -0.39 is 7.26 Å². The van der Waals surface area contributed by atoms with Gasteiger partial charge in [-0.3, -0.25) is 4.79 Å². The molecule has 0 heterocycles. The van der Waals surface area contributed by atoms with Crippen LogP contribution >= 0.6 is 7.26 Å². The van der Waals surface area contributed by atoms with Crippen molar-refractivity contribution >= 4 is 29.0 Å². The van der Waals surface area contributed by atoms with Gasteiger partial charge in [-0.15, -0.1) is 0 Å². The van der Waals surface area contributed by atoms with Crippen LogP contribution in [0.3, 0.4) is 0 Å². The topological polar surface area (TPSA) is 37.3 Å². The van der Waals surface area contributed by atoms with Gasteiger partial charge in [0, 0.05) is 12.0 Å². The third kappa shape index (κ3) is 11.2. The van der Waals surface area contributed by atoms with Gasteiger partial charge < -0.3 is 22.1 Å². The minimum absolute atomic E-state index is 0. The highest BCUT2D eigenvalue weighted by Gasteiger charge is 2.44. The summed E-state index contributed by atoms with van der Waals surface area (Å²) in [5.41, 5.74) is 1.62. The van der Waals surface area contributed by atoms with E-state index in [0.717, 1.165) is 24.0 Å². The number of benzene rings is 4. The molecule has 0 aliphatic heterocycles. The lowest BCUT2D eigenvalue weighted by atomic mass is 9.99. The third-order valence-electron chi connectivity index (χ3n) is 9.00. The number of hydrogen-bond donors (Lipinski definition) is 1. The normalized spacial score (nSPS) is 11.2. The van der Waals surface area contributed by atoms with Crippen LogP contribution in [-0.4, -0.2) is 17.1 Å². The van der Waals surface area contributed by atoms with Crippen molar-refractivity contribution in [2.45, 2.75) is 96.8 Å². The first kappa shape index (κ1) is 36.7. The van der Waals surface area contributed by atoms with Gasteiger partial charge in [0.25, 0.3) is 0 Å². The predicted octanol–water partition coefficient (Wildman–Crippen LogP) is 7.34. The Kier molecular flexibility index (Phi) is 16.6. The first-order valence-electron chi connectivity index (χ1n) is 17.0. The molecule has 0 aliphatic carbocycles. The molecule has 240 valence electrons. The average molecular weight is 688 g/mol. The molecule has 0 aliphatic rings. The highest BCUT2D eigenvalue weighted by Crippen LogP contribution is 2.56. The van der Waals surface area contributed by atoms with E-state index in [2.05, 4.69) is 91.0 Å². The lowest BCUT2D eigenvalue weighted by molar-refractivity contribution is -0.0000180. The molecule has 4 aromatic carbocycles. The highest BCUT2D eigenvalue weighted by atomic mass is 79.9. The minimum Gasteiger partial charge on any atom is -1.00 e. The lowest BCUT2D eigenvalue weighted by Gasteiger charge is -2.27. The molecule has 1 N–H and O–H groups in total. The monoisotopic (exact) mass is 686 g/mol. The predicted molar refractivity (Wildman–Crippen MR) is 192 cm³/mol. The van der Waals surface area contributed by atoms with E-state index in [0.29, 0.717) is 6.42 Å². The smallest absolute Gasteiger partial charge is 0.163 e. The van der Waals surface area contributed by atoms with Crippen molar-refractivity contribution < 1.29 is 26.9 Å². The molecule has 4 aromatic rings. The number of phenols is 1. The van der Waals surface area contributed by atoms with E-state index in [1.165, 1.54) is 92.7 Å². The minimum atomic E-state index is -1.69. The number of Topliss-reactive ketones (excluding diaryl/α,β-unsaturated/α-hetero) is 1. The van der Waals surface area contributed by atoms with Crippen molar-refractivity contribution in [2.24, 2.45) is 0 Å². The van der Waals surface area contributed by atoms with Crippen LogP contribution in [0.2, 0.25) is 0 Å². The van der Waals surface area contributed by atoms with Crippen LogP contribution in [0, 0.1) is 6.92 Å². The summed E-state index contributed by atoms with van der Waals surface area (Å²) in [4.78, 5) is 12.4. The van der Waals surface area contributed by atoms with Crippen molar-refractivity contribution in [3.63, 3.8) is 0 Å². The van der Waals surface area contributed by atoms with Gasteiger partial charge in [-0.05, 0) is 86.3 Å². The molecule has 0 aromatic heterocycles. The number of unbranched alkanes of at least 4 members (excludes halogenated alkanes) is 12. The zero-order valence-electron chi connectivity index (χ0n) is 27.2. The summed E-state index contributed by atoms with van der Waals surface area (Å²) < 4.78 is 0. The maximum absolute atomic E-state index is 12.4. The number of aromatic hydroxyl groups is 1. The molecular formula is C41H52BrO2P. The van der Waals surface area contributed by atoms with Gasteiger partial charge in [-0.2, -0.15) is 0 Å². The molecule has 2 nitrogen and oxygen atoms in total. The number of aryl methyl sites for hydroxylation is 1. The summed E-state index contributed by atoms with van der Waals surface area (Å²) in [7, 11) is -1.69. The Bertz CT molecular complexity index is 1280. The molecule has 4 rings (SSSR count). The number of carbonyl (C=O) groups excluding carboxylic acids is 1. The molecule has 0 saturated carbocycles. The first-order valence-corrected chi connectivity index (χ1v) is 19.0. The largest absolute Gasteiger partial charge is 1.00 e. The second-order valence-corrected chi connectivity index (χ2v) is 15.9. The van der Waals surface area contributed by atoms with Crippen molar-refractivity contribution in [3.8, 4) is 5.75 Å². The van der Waals surface area contributed by atoms with Gasteiger partial charge in [0.1, 0.15) is 28.9 Å². The van der Waals surface area contributed by atoms with E-state index in [1.54, 1.807) is 18.2 Å². The van der Waals surface area contributed by atoms with E-state index in [-0.39, 0.29) is 28.5 Å². The van der Waals surface area contributed by atoms with Crippen LogP contribution in [0.25, 0.3) is 0 Å². The lowest BCUT2D eigenvalue weighted by Crippen LogP contribution is -3.00. The maximum atomic E-state index is 12.4. The van der Waals surface area contributed by atoms with Crippen LogP contribution in [0.5, 0.6) is 5.75 Å². The fourth-order valence-corrected chi connectivity index (χ4v) is 11.0. The Balaban J connectivity index is 0.00000552. The Morgan fingerprint density at radius 1 is 0.533 bits per heavy atom. The van der Waals surface area contributed by atoms with E-state index in [9.17, 15) is 9.90 Å². The number of halogens is 1. The van der Waals surface area contributed by atoms with Gasteiger partial charge in [0.2, 0.25) is 0 Å². The van der Waals surface area contributed by atoms with Crippen LogP contribution in [0.1, 0.15) is 106 Å². The summed E-state index contributed by atoms with van der Waals surface area (Å²) in [5, 5.41) is 14.0. The molecule has 0 spiro atoms. The number of phenolic OH excluding ortho intramolecular Hbond substituents is 1. The van der Waals surface area contributed by atoms with Crippen molar-refractivity contribution in [3.05, 3.63) is 120 Å². The zero-order chi connectivity index (χ0) is 30.9. The Morgan fingerprint density at radius 3 is 1.31 bits per heavy atom. The van der Waals surface area contributed by atoms with Crippen molar-refractivity contribution in [1.82, 2.24) is 0 Å². The van der Waals surface area contributed by atoms with Gasteiger partial charge in [0.15, 0.2) is 5.78 Å². The molecular weight excluding hydrogens is 635 g/mol. The van der Waals surface area contributed by atoms with Crippen LogP contribution in [-0.2, 0) is 0 Å². The fourth-order valence-electron chi connectivity index (χ4n) is 6.56. The second-order valence-electron chi connectivity index (χ2n) is 12.3. The van der Waals surface area contributed by atoms with E-state index >= 15 is 0 Å². The summed E-state index contributed by atoms with van der Waals surface area (Å²) in [5.74, 6) is 0.427. The van der Waals surface area contributed by atoms with Gasteiger partial charge in [0.05, 0.1) is 6.16 Å². The fraction of sp³-hybridized carbons (Fsp3) is 0.390. The van der Waals surface area contributed by atoms with Crippen LogP contribution in [0.15, 0.2) is 109 Å². The van der Waals surface area contributed by atoms with E-state index in [1.807, 2.05) is 6.92 Å². The SMILES string of the molecule is Cc1cc(O)ccc1C(=O)CCCCCCCCCCCCCCC[P+](c1ccccc1)(c1ccccc1)c1ccccc1.[Br-]. The van der Waals surface area contributed by atoms with Crippen molar-refractivity contribution in [1.29, 1.82) is 0 Å². The highest BCUT2D eigenvalue weighted by molar-refractivity contribution is 7.95. The number of hydrogen-bond acceptors (Lipinski definition) is 2. The molecule has 0 radical (unpaired) electrons. The second kappa shape index (κ2) is 20.4. The van der Waals surface area contributed by atoms with Crippen molar-refractivity contribution in [2.75, 3.05) is 6.16 Å². The molecule has 0 bridgehead atoms. The molecule has 0 amide bonds. The molecule has 45 heavy (non-hydrogen) atoms. The summed E-state index contributed by atoms with van der Waals surface area (Å²) in [6.07, 6.45) is 18.4. The van der Waals surface area contributed by atoms with Gasteiger partial charge in [-0.25, -0.2) is 0 Å². The van der Waals surface area contributed by atoms with Gasteiger partial charge in [-0.1, -0.05) is 119 Å². The Morgan fingerprint density at radius 2 is 0.911 bits per heavy atom. The van der Waals surface area contributed by atoms with Crippen LogP contribution < -0.4 is 32.9 Å². The number of carbonyl (C=O) groups is 1. The molecule has 0 unspecified atom stereocenters. The molecule has 0 saturated heterocycles. The van der Waals surface area contributed by atoms with E-state index in [4.69, 9.17) is 0 Å². The zero-order valence-corrected chi connectivity index (χ0v) is 29.7. The number of rotatable bonds is 20. The molecule has 0 fully saturated rings. The quantitative estimate of drug-likeness (QED) is 0.0600. The van der Waals surface area contributed by atoms with Crippen LogP contribution in [0.4, 0.5) is 0 Å². The average Bonchev–Trinajstić information content (AvgIpc) is 3.06.